The van der Waals surface area contributed by atoms with Gasteiger partial charge in [-0.1, -0.05) is 20.8 Å². The Hall–Kier alpha value is -0.410. The zero-order valence-corrected chi connectivity index (χ0v) is 13.0. The number of nitrogens with one attached hydrogen (secondary N) is 1. The summed E-state index contributed by atoms with van der Waals surface area (Å²) in [6.45, 7) is 10.1. The van der Waals surface area contributed by atoms with Gasteiger partial charge in [-0.05, 0) is 51.5 Å². The molecule has 1 N–H and O–H groups in total. The molecular formula is C15H26N2S. The fourth-order valence-electron chi connectivity index (χ4n) is 2.66. The van der Waals surface area contributed by atoms with Crippen LogP contribution in [0.15, 0.2) is 0 Å². The van der Waals surface area contributed by atoms with E-state index >= 15 is 0 Å². The van der Waals surface area contributed by atoms with E-state index in [9.17, 15) is 0 Å². The van der Waals surface area contributed by atoms with Crippen LogP contribution in [0.25, 0.3) is 0 Å². The van der Waals surface area contributed by atoms with Crippen LogP contribution in [0.5, 0.6) is 0 Å². The van der Waals surface area contributed by atoms with Crippen LogP contribution >= 0.6 is 11.3 Å². The second kappa shape index (κ2) is 5.70. The van der Waals surface area contributed by atoms with Crippen LogP contribution in [0.3, 0.4) is 0 Å². The van der Waals surface area contributed by atoms with Crippen molar-refractivity contribution in [3.8, 4) is 0 Å². The van der Waals surface area contributed by atoms with Crippen LogP contribution in [0, 0.1) is 5.92 Å². The summed E-state index contributed by atoms with van der Waals surface area (Å²) in [5.41, 5.74) is 1.46. The van der Waals surface area contributed by atoms with Crippen molar-refractivity contribution in [2.45, 2.75) is 65.3 Å². The van der Waals surface area contributed by atoms with Gasteiger partial charge in [0, 0.05) is 4.88 Å². The Balaban J connectivity index is 2.16. The quantitative estimate of drug-likeness (QED) is 0.845. The number of rotatable bonds is 6. The Morgan fingerprint density at radius 2 is 2.17 bits per heavy atom. The lowest BCUT2D eigenvalue weighted by Gasteiger charge is -2.29. The molecule has 1 aliphatic rings. The molecule has 0 aliphatic heterocycles. The first-order valence-electron chi connectivity index (χ1n) is 7.29. The Morgan fingerprint density at radius 3 is 2.78 bits per heavy atom. The lowest BCUT2D eigenvalue weighted by molar-refractivity contribution is 0.317. The summed E-state index contributed by atoms with van der Waals surface area (Å²) in [7, 11) is 0. The summed E-state index contributed by atoms with van der Waals surface area (Å²) in [5.74, 6) is 0.759. The smallest absolute Gasteiger partial charge is 0.113 e. The lowest BCUT2D eigenvalue weighted by atomic mass is 9.92. The Labute approximate surface area is 115 Å². The first kappa shape index (κ1) is 14.0. The van der Waals surface area contributed by atoms with Gasteiger partial charge in [0.05, 0.1) is 11.2 Å². The summed E-state index contributed by atoms with van der Waals surface area (Å²) < 4.78 is 0. The molecule has 2 nitrogen and oxygen atoms in total. The molecule has 0 saturated heterocycles. The van der Waals surface area contributed by atoms with E-state index in [2.05, 4.69) is 33.0 Å². The molecule has 0 bridgehead atoms. The third-order valence-corrected chi connectivity index (χ3v) is 5.28. The van der Waals surface area contributed by atoms with Crippen LogP contribution in [0.1, 0.15) is 62.5 Å². The summed E-state index contributed by atoms with van der Waals surface area (Å²) in [5, 5.41) is 4.98. The normalized spacial score (nSPS) is 18.1. The average molecular weight is 266 g/mol. The molecule has 1 aliphatic carbocycles. The van der Waals surface area contributed by atoms with Crippen LogP contribution in [-0.4, -0.2) is 11.5 Å². The monoisotopic (exact) mass is 266 g/mol. The van der Waals surface area contributed by atoms with Crippen LogP contribution in [-0.2, 0) is 18.4 Å². The molecule has 18 heavy (non-hydrogen) atoms. The highest BCUT2D eigenvalue weighted by atomic mass is 32.1. The van der Waals surface area contributed by atoms with Crippen molar-refractivity contribution >= 4 is 11.3 Å². The van der Waals surface area contributed by atoms with Crippen molar-refractivity contribution < 1.29 is 0 Å². The highest BCUT2D eigenvalue weighted by molar-refractivity contribution is 7.12. The number of thiazole rings is 1. The molecule has 3 heteroatoms. The molecule has 102 valence electrons. The number of aromatic nitrogens is 1. The highest BCUT2D eigenvalue weighted by Gasteiger charge is 2.31. The molecule has 0 aromatic carbocycles. The van der Waals surface area contributed by atoms with Crippen molar-refractivity contribution in [2.75, 3.05) is 6.54 Å². The van der Waals surface area contributed by atoms with Gasteiger partial charge in [-0.15, -0.1) is 11.3 Å². The molecule has 0 spiro atoms. The zero-order valence-electron chi connectivity index (χ0n) is 12.2. The van der Waals surface area contributed by atoms with E-state index in [0.29, 0.717) is 0 Å². The second-order valence-corrected chi connectivity index (χ2v) is 7.12. The molecule has 1 heterocycles. The molecule has 0 radical (unpaired) electrons. The van der Waals surface area contributed by atoms with E-state index in [1.165, 1.54) is 42.8 Å². The maximum atomic E-state index is 4.92. The summed E-state index contributed by atoms with van der Waals surface area (Å²) in [6.07, 6.45) is 6.19. The van der Waals surface area contributed by atoms with Gasteiger partial charge in [-0.25, -0.2) is 4.98 Å². The van der Waals surface area contributed by atoms with Gasteiger partial charge in [-0.2, -0.15) is 0 Å². The number of aryl methyl sites for hydroxylation is 2. The summed E-state index contributed by atoms with van der Waals surface area (Å²) in [4.78, 5) is 6.46. The number of nitrogens with zero attached hydrogens (tertiary/aromatic N) is 1. The fourth-order valence-corrected chi connectivity index (χ4v) is 3.97. The van der Waals surface area contributed by atoms with Crippen LogP contribution < -0.4 is 5.32 Å². The maximum Gasteiger partial charge on any atom is 0.113 e. The molecule has 2 rings (SSSR count). The number of fused-ring (bicyclic) bond motifs is 1. The van der Waals surface area contributed by atoms with E-state index in [1.807, 2.05) is 11.3 Å². The van der Waals surface area contributed by atoms with Crippen molar-refractivity contribution in [1.82, 2.24) is 10.3 Å². The van der Waals surface area contributed by atoms with E-state index < -0.39 is 0 Å². The SMILES string of the molecule is CCNC(C)(CCC(C)C)c1nc2c(s1)CCC2. The molecular weight excluding hydrogens is 240 g/mol. The third-order valence-electron chi connectivity index (χ3n) is 3.86. The summed E-state index contributed by atoms with van der Waals surface area (Å²) >= 11 is 1.95. The molecule has 0 fully saturated rings. The second-order valence-electron chi connectivity index (χ2n) is 6.04. The van der Waals surface area contributed by atoms with Gasteiger partial charge in [0.25, 0.3) is 0 Å². The number of hydrogen-bond acceptors (Lipinski definition) is 3. The van der Waals surface area contributed by atoms with E-state index in [1.54, 1.807) is 4.88 Å². The first-order chi connectivity index (χ1) is 8.55. The van der Waals surface area contributed by atoms with Crippen molar-refractivity contribution in [2.24, 2.45) is 5.92 Å². The van der Waals surface area contributed by atoms with Gasteiger partial charge >= 0.3 is 0 Å². The van der Waals surface area contributed by atoms with Gasteiger partial charge in [0.2, 0.25) is 0 Å². The Bertz CT molecular complexity index is 376. The van der Waals surface area contributed by atoms with Gasteiger partial charge in [0.15, 0.2) is 0 Å². The predicted molar refractivity (Wildman–Crippen MR) is 79.2 cm³/mol. The maximum absolute atomic E-state index is 4.92. The van der Waals surface area contributed by atoms with Crippen LogP contribution in [0.4, 0.5) is 0 Å². The minimum absolute atomic E-state index is 0.0774. The van der Waals surface area contributed by atoms with Crippen molar-refractivity contribution in [3.05, 3.63) is 15.6 Å². The van der Waals surface area contributed by atoms with Gasteiger partial charge < -0.3 is 5.32 Å². The van der Waals surface area contributed by atoms with E-state index in [-0.39, 0.29) is 5.54 Å². The van der Waals surface area contributed by atoms with Crippen LogP contribution in [0.2, 0.25) is 0 Å². The first-order valence-corrected chi connectivity index (χ1v) is 8.11. The van der Waals surface area contributed by atoms with Crippen molar-refractivity contribution in [1.29, 1.82) is 0 Å². The van der Waals surface area contributed by atoms with E-state index in [0.717, 1.165) is 12.5 Å². The third kappa shape index (κ3) is 2.94. The predicted octanol–water partition coefficient (Wildman–Crippen LogP) is 3.89. The fraction of sp³-hybridized carbons (Fsp3) is 0.800. The Kier molecular flexibility index (Phi) is 4.44. The molecule has 0 saturated carbocycles. The van der Waals surface area contributed by atoms with E-state index in [4.69, 9.17) is 4.98 Å². The molecule has 0 amide bonds. The standard InChI is InChI=1S/C15H26N2S/c1-5-16-15(4,10-9-11(2)3)14-17-12-7-6-8-13(12)18-14/h11,16H,5-10H2,1-4H3. The number of hydrogen-bond donors (Lipinski definition) is 1. The topological polar surface area (TPSA) is 24.9 Å². The minimum atomic E-state index is 0.0774. The zero-order chi connectivity index (χ0) is 13.2. The molecule has 1 atom stereocenters. The van der Waals surface area contributed by atoms with Crippen molar-refractivity contribution in [3.63, 3.8) is 0 Å². The average Bonchev–Trinajstić information content (AvgIpc) is 2.87. The molecule has 1 unspecified atom stereocenters. The molecule has 1 aromatic rings. The van der Waals surface area contributed by atoms with Gasteiger partial charge in [0.1, 0.15) is 5.01 Å². The largest absolute Gasteiger partial charge is 0.306 e. The molecule has 1 aromatic heterocycles. The minimum Gasteiger partial charge on any atom is -0.306 e. The Morgan fingerprint density at radius 1 is 1.39 bits per heavy atom. The highest BCUT2D eigenvalue weighted by Crippen LogP contribution is 2.36. The van der Waals surface area contributed by atoms with Gasteiger partial charge in [-0.3, -0.25) is 0 Å². The summed E-state index contributed by atoms with van der Waals surface area (Å²) in [6, 6.07) is 0. The lowest BCUT2D eigenvalue weighted by Crippen LogP contribution is -2.39.